The highest BCUT2D eigenvalue weighted by molar-refractivity contribution is 5.00. The average Bonchev–Trinajstić information content (AvgIpc) is 2.94. The first-order chi connectivity index (χ1) is 9.65. The summed E-state index contributed by atoms with van der Waals surface area (Å²) >= 11 is 0. The topological polar surface area (TPSA) is 63.4 Å². The van der Waals surface area contributed by atoms with Gasteiger partial charge in [-0.25, -0.2) is 0 Å². The highest BCUT2D eigenvalue weighted by Crippen LogP contribution is 2.23. The highest BCUT2D eigenvalue weighted by atomic mass is 16.5. The Morgan fingerprint density at radius 1 is 1.45 bits per heavy atom. The summed E-state index contributed by atoms with van der Waals surface area (Å²) in [5, 5.41) is 7.57. The van der Waals surface area contributed by atoms with Crippen molar-refractivity contribution in [2.75, 3.05) is 33.3 Å². The minimum Gasteiger partial charge on any atom is -0.367 e. The molecule has 0 amide bonds. The molecule has 0 bridgehead atoms. The monoisotopic (exact) mass is 282 g/mol. The Kier molecular flexibility index (Phi) is 5.51. The molecule has 20 heavy (non-hydrogen) atoms. The van der Waals surface area contributed by atoms with Crippen molar-refractivity contribution in [1.82, 2.24) is 20.4 Å². The van der Waals surface area contributed by atoms with Crippen LogP contribution in [0, 0.1) is 0 Å². The first-order valence-electron chi connectivity index (χ1n) is 7.52. The van der Waals surface area contributed by atoms with Gasteiger partial charge in [-0.15, -0.1) is 0 Å². The molecule has 0 radical (unpaired) electrons. The molecule has 0 aliphatic carbocycles. The fraction of sp³-hybridized carbons (Fsp3) is 0.857. The van der Waals surface area contributed by atoms with E-state index in [0.29, 0.717) is 17.8 Å². The van der Waals surface area contributed by atoms with Gasteiger partial charge in [0.05, 0.1) is 12.5 Å². The van der Waals surface area contributed by atoms with E-state index < -0.39 is 0 Å². The van der Waals surface area contributed by atoms with Gasteiger partial charge < -0.3 is 19.5 Å². The summed E-state index contributed by atoms with van der Waals surface area (Å²) in [5.41, 5.74) is 0. The second-order valence-corrected chi connectivity index (χ2v) is 5.47. The number of rotatable bonds is 6. The molecule has 0 saturated carbocycles. The molecule has 1 aliphatic heterocycles. The van der Waals surface area contributed by atoms with Crippen LogP contribution in [0.5, 0.6) is 0 Å². The molecule has 2 heterocycles. The summed E-state index contributed by atoms with van der Waals surface area (Å²) in [7, 11) is 2.08. The Balaban J connectivity index is 2.04. The van der Waals surface area contributed by atoms with Crippen LogP contribution in [0.1, 0.15) is 50.9 Å². The fourth-order valence-corrected chi connectivity index (χ4v) is 2.61. The average molecular weight is 282 g/mol. The van der Waals surface area contributed by atoms with Crippen LogP contribution in [-0.4, -0.2) is 54.4 Å². The molecule has 1 N–H and O–H groups in total. The van der Waals surface area contributed by atoms with Gasteiger partial charge in [0.15, 0.2) is 0 Å². The standard InChI is InChI=1S/C14H26N4O2/c1-5-11(15-6-2)10(3)14-16-13(17-20-14)12-9-18(4)7-8-19-12/h10-12,15H,5-9H2,1-4H3. The molecular formula is C14H26N4O2. The van der Waals surface area contributed by atoms with Crippen molar-refractivity contribution in [3.63, 3.8) is 0 Å². The maximum absolute atomic E-state index is 5.72. The SMILES string of the molecule is CCNC(CC)C(C)c1nc(C2CN(C)CCO2)no1. The summed E-state index contributed by atoms with van der Waals surface area (Å²) in [5.74, 6) is 1.58. The first kappa shape index (κ1) is 15.4. The Bertz CT molecular complexity index is 410. The third-order valence-electron chi connectivity index (χ3n) is 3.91. The van der Waals surface area contributed by atoms with E-state index in [1.54, 1.807) is 0 Å². The summed E-state index contributed by atoms with van der Waals surface area (Å²) in [6, 6.07) is 0.364. The van der Waals surface area contributed by atoms with Crippen LogP contribution in [0.2, 0.25) is 0 Å². The van der Waals surface area contributed by atoms with Gasteiger partial charge >= 0.3 is 0 Å². The van der Waals surface area contributed by atoms with E-state index in [1.165, 1.54) is 0 Å². The van der Waals surface area contributed by atoms with E-state index in [2.05, 4.69) is 48.2 Å². The van der Waals surface area contributed by atoms with Crippen LogP contribution in [-0.2, 0) is 4.74 Å². The number of morpholine rings is 1. The number of aromatic nitrogens is 2. The Hall–Kier alpha value is -0.980. The lowest BCUT2D eigenvalue weighted by Gasteiger charge is -2.27. The van der Waals surface area contributed by atoms with Crippen molar-refractivity contribution < 1.29 is 9.26 Å². The highest BCUT2D eigenvalue weighted by Gasteiger charge is 2.27. The molecule has 114 valence electrons. The maximum Gasteiger partial charge on any atom is 0.231 e. The van der Waals surface area contributed by atoms with Gasteiger partial charge in [0, 0.05) is 19.1 Å². The van der Waals surface area contributed by atoms with Crippen LogP contribution in [0.3, 0.4) is 0 Å². The van der Waals surface area contributed by atoms with Crippen LogP contribution in [0.15, 0.2) is 4.52 Å². The zero-order valence-electron chi connectivity index (χ0n) is 12.9. The van der Waals surface area contributed by atoms with E-state index >= 15 is 0 Å². The Morgan fingerprint density at radius 3 is 2.90 bits per heavy atom. The second-order valence-electron chi connectivity index (χ2n) is 5.47. The molecule has 2 rings (SSSR count). The van der Waals surface area contributed by atoms with Crippen LogP contribution in [0.25, 0.3) is 0 Å². The molecular weight excluding hydrogens is 256 g/mol. The normalized spacial score (nSPS) is 23.7. The molecule has 0 aromatic carbocycles. The van der Waals surface area contributed by atoms with Crippen molar-refractivity contribution in [2.45, 2.75) is 45.3 Å². The van der Waals surface area contributed by atoms with Crippen molar-refractivity contribution in [3.8, 4) is 0 Å². The zero-order chi connectivity index (χ0) is 14.5. The number of ether oxygens (including phenoxy) is 1. The number of nitrogens with one attached hydrogen (secondary N) is 1. The van der Waals surface area contributed by atoms with E-state index in [4.69, 9.17) is 9.26 Å². The van der Waals surface area contributed by atoms with E-state index in [1.807, 2.05) is 0 Å². The molecule has 6 nitrogen and oxygen atoms in total. The second kappa shape index (κ2) is 7.15. The smallest absolute Gasteiger partial charge is 0.231 e. The number of likely N-dealkylation sites (N-methyl/N-ethyl adjacent to an activating group) is 2. The molecule has 0 spiro atoms. The third-order valence-corrected chi connectivity index (χ3v) is 3.91. The lowest BCUT2D eigenvalue weighted by atomic mass is 9.99. The minimum atomic E-state index is -0.0716. The molecule has 1 aliphatic rings. The largest absolute Gasteiger partial charge is 0.367 e. The van der Waals surface area contributed by atoms with Gasteiger partial charge in [-0.2, -0.15) is 4.98 Å². The third kappa shape index (κ3) is 3.56. The molecule has 3 unspecified atom stereocenters. The molecule has 1 aromatic rings. The van der Waals surface area contributed by atoms with Gasteiger partial charge in [0.2, 0.25) is 11.7 Å². The molecule has 6 heteroatoms. The summed E-state index contributed by atoms with van der Waals surface area (Å²) < 4.78 is 11.2. The molecule has 1 saturated heterocycles. The lowest BCUT2D eigenvalue weighted by molar-refractivity contribution is -0.0264. The Labute approximate surface area is 120 Å². The summed E-state index contributed by atoms with van der Waals surface area (Å²) in [6.07, 6.45) is 0.965. The quantitative estimate of drug-likeness (QED) is 0.854. The van der Waals surface area contributed by atoms with Gasteiger partial charge in [-0.3, -0.25) is 0 Å². The van der Waals surface area contributed by atoms with Gasteiger partial charge in [0.1, 0.15) is 6.10 Å². The molecule has 1 fully saturated rings. The van der Waals surface area contributed by atoms with E-state index in [-0.39, 0.29) is 12.0 Å². The van der Waals surface area contributed by atoms with Crippen molar-refractivity contribution in [2.24, 2.45) is 0 Å². The zero-order valence-corrected chi connectivity index (χ0v) is 12.9. The summed E-state index contributed by atoms with van der Waals surface area (Å²) in [6.45, 7) is 9.84. The molecule has 3 atom stereocenters. The van der Waals surface area contributed by atoms with Crippen molar-refractivity contribution in [1.29, 1.82) is 0 Å². The predicted molar refractivity (Wildman–Crippen MR) is 76.7 cm³/mol. The maximum atomic E-state index is 5.72. The minimum absolute atomic E-state index is 0.0716. The number of hydrogen-bond donors (Lipinski definition) is 1. The van der Waals surface area contributed by atoms with Crippen LogP contribution < -0.4 is 5.32 Å². The number of hydrogen-bond acceptors (Lipinski definition) is 6. The lowest BCUT2D eigenvalue weighted by Crippen LogP contribution is -2.35. The number of nitrogens with zero attached hydrogens (tertiary/aromatic N) is 3. The molecule has 1 aromatic heterocycles. The van der Waals surface area contributed by atoms with Crippen LogP contribution >= 0.6 is 0 Å². The van der Waals surface area contributed by atoms with Crippen molar-refractivity contribution in [3.05, 3.63) is 11.7 Å². The van der Waals surface area contributed by atoms with Crippen molar-refractivity contribution >= 4 is 0 Å². The van der Waals surface area contributed by atoms with E-state index in [9.17, 15) is 0 Å². The first-order valence-corrected chi connectivity index (χ1v) is 7.52. The Morgan fingerprint density at radius 2 is 2.25 bits per heavy atom. The van der Waals surface area contributed by atoms with Crippen LogP contribution in [0.4, 0.5) is 0 Å². The van der Waals surface area contributed by atoms with Gasteiger partial charge in [-0.1, -0.05) is 25.9 Å². The van der Waals surface area contributed by atoms with Gasteiger partial charge in [0.25, 0.3) is 0 Å². The fourth-order valence-electron chi connectivity index (χ4n) is 2.61. The van der Waals surface area contributed by atoms with Gasteiger partial charge in [-0.05, 0) is 20.0 Å². The van der Waals surface area contributed by atoms with E-state index in [0.717, 1.165) is 32.7 Å². The summed E-state index contributed by atoms with van der Waals surface area (Å²) in [4.78, 5) is 6.77. The predicted octanol–water partition coefficient (Wildman–Crippen LogP) is 1.56.